The summed E-state index contributed by atoms with van der Waals surface area (Å²) in [5.74, 6) is 0. The second-order valence-corrected chi connectivity index (χ2v) is 20.0. The lowest BCUT2D eigenvalue weighted by Gasteiger charge is -2.33. The molecule has 2 aliphatic rings. The molecule has 2 heteroatoms. The van der Waals surface area contributed by atoms with Crippen molar-refractivity contribution in [3.8, 4) is 55.9 Å². The molecule has 0 atom stereocenters. The van der Waals surface area contributed by atoms with Gasteiger partial charge in [0.2, 0.25) is 0 Å². The first-order valence-corrected chi connectivity index (χ1v) is 25.9. The van der Waals surface area contributed by atoms with Gasteiger partial charge < -0.3 is 9.13 Å². The van der Waals surface area contributed by atoms with Gasteiger partial charge in [0.15, 0.2) is 0 Å². The number of allylic oxidation sites excluding steroid dienone is 5. The first kappa shape index (κ1) is 42.9. The lowest BCUT2D eigenvalue weighted by atomic mass is 9.67. The van der Waals surface area contributed by atoms with Gasteiger partial charge in [0, 0.05) is 32.9 Å². The molecule has 0 amide bonds. The second-order valence-electron chi connectivity index (χ2n) is 20.0. The largest absolute Gasteiger partial charge is 0.309 e. The van der Waals surface area contributed by atoms with Crippen molar-refractivity contribution in [2.45, 2.75) is 5.41 Å². The van der Waals surface area contributed by atoms with E-state index in [1.165, 1.54) is 127 Å². The smallest absolute Gasteiger partial charge is 0.0731 e. The van der Waals surface area contributed by atoms with Crippen LogP contribution in [0.1, 0.15) is 27.8 Å². The van der Waals surface area contributed by atoms with Gasteiger partial charge >= 0.3 is 0 Å². The van der Waals surface area contributed by atoms with Crippen LogP contribution < -0.4 is 0 Å². The van der Waals surface area contributed by atoms with Crippen molar-refractivity contribution in [1.29, 1.82) is 0 Å². The van der Waals surface area contributed by atoms with Gasteiger partial charge in [-0.3, -0.25) is 0 Å². The maximum Gasteiger partial charge on any atom is 0.0731 e. The molecule has 75 heavy (non-hydrogen) atoms. The number of hydrogen-bond acceptors (Lipinski definition) is 0. The average Bonchev–Trinajstić information content (AvgIpc) is 4.37. The number of rotatable bonds is 8. The second kappa shape index (κ2) is 16.9. The molecule has 0 unspecified atom stereocenters. The Balaban J connectivity index is 0.988. The van der Waals surface area contributed by atoms with Gasteiger partial charge in [-0.2, -0.15) is 0 Å². The van der Waals surface area contributed by atoms with Crippen molar-refractivity contribution in [3.05, 3.63) is 313 Å². The summed E-state index contributed by atoms with van der Waals surface area (Å²) < 4.78 is 4.84. The van der Waals surface area contributed by atoms with E-state index in [-0.39, 0.29) is 0 Å². The third kappa shape index (κ3) is 6.40. The van der Waals surface area contributed by atoms with Crippen LogP contribution in [0.5, 0.6) is 0 Å². The van der Waals surface area contributed by atoms with E-state index >= 15 is 0 Å². The summed E-state index contributed by atoms with van der Waals surface area (Å²) in [5.41, 5.74) is 24.9. The topological polar surface area (TPSA) is 9.86 Å². The Labute approximate surface area is 436 Å². The number of benzene rings is 11. The number of para-hydroxylation sites is 2. The van der Waals surface area contributed by atoms with Crippen molar-refractivity contribution in [2.75, 3.05) is 0 Å². The van der Waals surface area contributed by atoms with Gasteiger partial charge in [0.25, 0.3) is 0 Å². The number of fused-ring (bicyclic) bond motifs is 13. The average molecular weight is 953 g/mol. The van der Waals surface area contributed by atoms with E-state index in [1.807, 2.05) is 6.08 Å². The highest BCUT2D eigenvalue weighted by atomic mass is 15.0. The van der Waals surface area contributed by atoms with E-state index in [0.717, 1.165) is 11.4 Å². The standard InChI is InChI=1S/C73H48N2/c1-2-3-28-60-59-38-33-53(52-36-41-70-63(45-52)61-43-50(48-20-8-4-9-21-48)34-39-68(61)74(70)55-24-12-6-13-25-55)47-67(59)73(65-31-18-16-29-57(65)58-30-17-19-32-66(58)73)72(60)54-37-42-71-64(46-54)62-44-51(49-22-10-5-11-23-49)35-40-69(62)75(71)56-26-14-7-15-27-56/h2-47H,1H2/b28-3-. The van der Waals surface area contributed by atoms with Crippen molar-refractivity contribution < 1.29 is 0 Å². The summed E-state index contributed by atoms with van der Waals surface area (Å²) in [6, 6.07) is 96.8. The predicted octanol–water partition coefficient (Wildman–Crippen LogP) is 18.9. The summed E-state index contributed by atoms with van der Waals surface area (Å²) >= 11 is 0. The molecule has 11 aromatic carbocycles. The van der Waals surface area contributed by atoms with Crippen LogP contribution in [-0.4, -0.2) is 9.13 Å². The maximum atomic E-state index is 4.21. The third-order valence-electron chi connectivity index (χ3n) is 16.1. The van der Waals surface area contributed by atoms with Crippen LogP contribution in [-0.2, 0) is 5.41 Å². The van der Waals surface area contributed by atoms with Crippen molar-refractivity contribution in [3.63, 3.8) is 0 Å². The molecule has 0 fully saturated rings. The minimum atomic E-state index is -0.641. The zero-order chi connectivity index (χ0) is 49.6. The quantitative estimate of drug-likeness (QED) is 0.134. The molecule has 15 rings (SSSR count). The van der Waals surface area contributed by atoms with Crippen LogP contribution in [0.4, 0.5) is 0 Å². The minimum absolute atomic E-state index is 0.641. The SMILES string of the molecule is C=C/C=C\C1=C(c2ccc3c(c2)c2cc(-c4ccccc4)ccc2n3-c2ccccc2)C2(c3cc(-c4ccc5c(c4)c4cc(-c6ccccc6)ccc4n5-c4ccccc4)ccc31)c1ccccc1-c1ccccc12. The first-order valence-electron chi connectivity index (χ1n) is 25.9. The van der Waals surface area contributed by atoms with Gasteiger partial charge in [-0.1, -0.05) is 207 Å². The molecule has 2 aromatic heterocycles. The van der Waals surface area contributed by atoms with Crippen molar-refractivity contribution in [1.82, 2.24) is 9.13 Å². The van der Waals surface area contributed by atoms with Crippen LogP contribution in [0.25, 0.3) is 111 Å². The van der Waals surface area contributed by atoms with E-state index in [4.69, 9.17) is 0 Å². The van der Waals surface area contributed by atoms with Gasteiger partial charge in [-0.05, 0) is 162 Å². The van der Waals surface area contributed by atoms with Crippen LogP contribution in [0.2, 0.25) is 0 Å². The van der Waals surface area contributed by atoms with Gasteiger partial charge in [-0.25, -0.2) is 0 Å². The zero-order valence-electron chi connectivity index (χ0n) is 41.2. The number of hydrogen-bond donors (Lipinski definition) is 0. The minimum Gasteiger partial charge on any atom is -0.309 e. The van der Waals surface area contributed by atoms with Gasteiger partial charge in [0.1, 0.15) is 0 Å². The fourth-order valence-corrected chi connectivity index (χ4v) is 13.0. The molecule has 350 valence electrons. The first-order chi connectivity index (χ1) is 37.2. The Kier molecular flexibility index (Phi) is 9.67. The lowest BCUT2D eigenvalue weighted by Crippen LogP contribution is -2.26. The number of nitrogens with zero attached hydrogens (tertiary/aromatic N) is 2. The van der Waals surface area contributed by atoms with E-state index in [2.05, 4.69) is 289 Å². The van der Waals surface area contributed by atoms with E-state index in [9.17, 15) is 0 Å². The lowest BCUT2D eigenvalue weighted by molar-refractivity contribution is 0.842. The Morgan fingerprint density at radius 2 is 0.680 bits per heavy atom. The van der Waals surface area contributed by atoms with Crippen LogP contribution in [0, 0.1) is 0 Å². The molecule has 2 nitrogen and oxygen atoms in total. The Morgan fingerprint density at radius 3 is 1.15 bits per heavy atom. The Morgan fingerprint density at radius 1 is 0.307 bits per heavy atom. The zero-order valence-corrected chi connectivity index (χ0v) is 41.2. The summed E-state index contributed by atoms with van der Waals surface area (Å²) in [4.78, 5) is 0. The molecular formula is C73H48N2. The highest BCUT2D eigenvalue weighted by molar-refractivity contribution is 6.17. The summed E-state index contributed by atoms with van der Waals surface area (Å²) in [6.45, 7) is 4.21. The molecule has 0 radical (unpaired) electrons. The molecule has 0 saturated heterocycles. The molecule has 0 bridgehead atoms. The van der Waals surface area contributed by atoms with E-state index < -0.39 is 5.41 Å². The highest BCUT2D eigenvalue weighted by Crippen LogP contribution is 2.65. The molecule has 13 aromatic rings. The molecule has 0 aliphatic heterocycles. The molecule has 1 spiro atoms. The molecule has 2 aliphatic carbocycles. The third-order valence-corrected chi connectivity index (χ3v) is 16.1. The number of aromatic nitrogens is 2. The van der Waals surface area contributed by atoms with Gasteiger partial charge in [-0.15, -0.1) is 0 Å². The van der Waals surface area contributed by atoms with E-state index in [1.54, 1.807) is 0 Å². The van der Waals surface area contributed by atoms with Gasteiger partial charge in [0.05, 0.1) is 27.5 Å². The maximum absolute atomic E-state index is 4.21. The normalized spacial score (nSPS) is 13.4. The van der Waals surface area contributed by atoms with Crippen LogP contribution >= 0.6 is 0 Å². The molecule has 2 heterocycles. The molecule has 0 N–H and O–H groups in total. The Hall–Kier alpha value is -9.76. The molecule has 0 saturated carbocycles. The van der Waals surface area contributed by atoms with Crippen LogP contribution in [0.15, 0.2) is 286 Å². The Bertz CT molecular complexity index is 4460. The monoisotopic (exact) mass is 952 g/mol. The van der Waals surface area contributed by atoms with Crippen molar-refractivity contribution in [2.24, 2.45) is 0 Å². The van der Waals surface area contributed by atoms with Crippen LogP contribution in [0.3, 0.4) is 0 Å². The summed E-state index contributed by atoms with van der Waals surface area (Å²) in [6.07, 6.45) is 6.33. The molecular weight excluding hydrogens is 905 g/mol. The van der Waals surface area contributed by atoms with Crippen molar-refractivity contribution >= 4 is 54.8 Å². The van der Waals surface area contributed by atoms with E-state index in [0.29, 0.717) is 0 Å². The highest BCUT2D eigenvalue weighted by Gasteiger charge is 2.53. The summed E-state index contributed by atoms with van der Waals surface area (Å²) in [7, 11) is 0. The predicted molar refractivity (Wildman–Crippen MR) is 316 cm³/mol. The summed E-state index contributed by atoms with van der Waals surface area (Å²) in [5, 5.41) is 4.89. The fourth-order valence-electron chi connectivity index (χ4n) is 13.0. The fraction of sp³-hybridized carbons (Fsp3) is 0.0137.